The third kappa shape index (κ3) is 4.83. The van der Waals surface area contributed by atoms with Crippen molar-refractivity contribution in [3.63, 3.8) is 0 Å². The number of non-ortho nitro benzene ring substituents is 1. The second kappa shape index (κ2) is 8.18. The first-order chi connectivity index (χ1) is 12.9. The summed E-state index contributed by atoms with van der Waals surface area (Å²) in [7, 11) is 0. The summed E-state index contributed by atoms with van der Waals surface area (Å²) in [5.41, 5.74) is 4.16. The molecular weight excluding hydrogens is 344 g/mol. The van der Waals surface area contributed by atoms with Gasteiger partial charge in [-0.2, -0.15) is 0 Å². The highest BCUT2D eigenvalue weighted by Gasteiger charge is 2.20. The summed E-state index contributed by atoms with van der Waals surface area (Å²) in [6.45, 7) is 7.51. The zero-order valence-corrected chi connectivity index (χ0v) is 15.6. The molecule has 0 saturated carbocycles. The summed E-state index contributed by atoms with van der Waals surface area (Å²) in [6.07, 6.45) is 0. The first-order valence-electron chi connectivity index (χ1n) is 9.01. The number of hydrogen-bond donors (Lipinski definition) is 1. The molecule has 0 radical (unpaired) electrons. The number of piperazine rings is 1. The van der Waals surface area contributed by atoms with Crippen LogP contribution in [0.1, 0.15) is 11.1 Å². The number of hydrogen-bond acceptors (Lipinski definition) is 5. The summed E-state index contributed by atoms with van der Waals surface area (Å²) in [5.74, 6) is -0.00858. The molecule has 1 aliphatic heterocycles. The van der Waals surface area contributed by atoms with Gasteiger partial charge in [-0.1, -0.05) is 17.7 Å². The van der Waals surface area contributed by atoms with E-state index in [-0.39, 0.29) is 11.6 Å². The molecule has 1 aliphatic rings. The van der Waals surface area contributed by atoms with E-state index in [1.807, 2.05) is 26.0 Å². The van der Waals surface area contributed by atoms with Gasteiger partial charge in [-0.3, -0.25) is 19.8 Å². The lowest BCUT2D eigenvalue weighted by atomic mass is 10.1. The number of nitrogens with zero attached hydrogens (tertiary/aromatic N) is 3. The van der Waals surface area contributed by atoms with Gasteiger partial charge >= 0.3 is 0 Å². The minimum absolute atomic E-state index is 0.00858. The van der Waals surface area contributed by atoms with Gasteiger partial charge in [0.2, 0.25) is 5.91 Å². The molecule has 1 fully saturated rings. The number of anilines is 2. The van der Waals surface area contributed by atoms with E-state index in [9.17, 15) is 14.9 Å². The molecule has 0 atom stereocenters. The first-order valence-corrected chi connectivity index (χ1v) is 9.01. The van der Waals surface area contributed by atoms with Crippen molar-refractivity contribution in [2.45, 2.75) is 13.8 Å². The summed E-state index contributed by atoms with van der Waals surface area (Å²) < 4.78 is 0. The van der Waals surface area contributed by atoms with Crippen molar-refractivity contribution < 1.29 is 9.72 Å². The zero-order chi connectivity index (χ0) is 19.4. The zero-order valence-electron chi connectivity index (χ0n) is 15.6. The Hall–Kier alpha value is -2.93. The maximum atomic E-state index is 12.3. The van der Waals surface area contributed by atoms with E-state index in [0.29, 0.717) is 6.54 Å². The molecule has 27 heavy (non-hydrogen) atoms. The molecule has 2 aromatic carbocycles. The third-order valence-electron chi connectivity index (χ3n) is 4.82. The molecule has 7 heteroatoms. The second-order valence-electron chi connectivity index (χ2n) is 6.90. The van der Waals surface area contributed by atoms with Crippen LogP contribution in [0.3, 0.4) is 0 Å². The van der Waals surface area contributed by atoms with Gasteiger partial charge < -0.3 is 10.2 Å². The normalized spacial score (nSPS) is 14.8. The molecule has 3 rings (SSSR count). The van der Waals surface area contributed by atoms with E-state index in [1.54, 1.807) is 12.1 Å². The monoisotopic (exact) mass is 368 g/mol. The molecule has 0 unspecified atom stereocenters. The smallest absolute Gasteiger partial charge is 0.269 e. The Balaban J connectivity index is 1.50. The lowest BCUT2D eigenvalue weighted by Crippen LogP contribution is -2.48. The van der Waals surface area contributed by atoms with Gasteiger partial charge in [0, 0.05) is 49.7 Å². The fourth-order valence-electron chi connectivity index (χ4n) is 3.30. The van der Waals surface area contributed by atoms with Gasteiger partial charge in [0.15, 0.2) is 0 Å². The minimum Gasteiger partial charge on any atom is -0.369 e. The largest absolute Gasteiger partial charge is 0.369 e. The molecule has 0 aromatic heterocycles. The van der Waals surface area contributed by atoms with E-state index in [1.165, 1.54) is 17.7 Å². The Morgan fingerprint density at radius 1 is 1.07 bits per heavy atom. The molecule has 1 N–H and O–H groups in total. The van der Waals surface area contributed by atoms with Crippen LogP contribution in [-0.2, 0) is 4.79 Å². The SMILES string of the molecule is Cc1ccc(NC(=O)CN2CCN(c3ccc([N+](=O)[O-])cc3)CC2)c(C)c1. The van der Waals surface area contributed by atoms with Crippen LogP contribution >= 0.6 is 0 Å². The molecular formula is C20H24N4O3. The Morgan fingerprint density at radius 2 is 1.74 bits per heavy atom. The van der Waals surface area contributed by atoms with Crippen molar-refractivity contribution >= 4 is 23.0 Å². The van der Waals surface area contributed by atoms with Crippen molar-refractivity contribution in [3.8, 4) is 0 Å². The van der Waals surface area contributed by atoms with Crippen LogP contribution < -0.4 is 10.2 Å². The lowest BCUT2D eigenvalue weighted by Gasteiger charge is -2.35. The maximum absolute atomic E-state index is 12.3. The van der Waals surface area contributed by atoms with Gasteiger partial charge in [0.05, 0.1) is 11.5 Å². The average molecular weight is 368 g/mol. The third-order valence-corrected chi connectivity index (χ3v) is 4.82. The minimum atomic E-state index is -0.393. The number of benzene rings is 2. The Bertz CT molecular complexity index is 828. The Kier molecular flexibility index (Phi) is 5.71. The standard InChI is InChI=1S/C20H24N4O3/c1-15-3-8-19(16(2)13-15)21-20(25)14-22-9-11-23(12-10-22)17-4-6-18(7-5-17)24(26)27/h3-8,13H,9-12,14H2,1-2H3,(H,21,25). The summed E-state index contributed by atoms with van der Waals surface area (Å²) >= 11 is 0. The fourth-order valence-corrected chi connectivity index (χ4v) is 3.30. The number of nitro groups is 1. The predicted molar refractivity (Wildman–Crippen MR) is 106 cm³/mol. The molecule has 1 saturated heterocycles. The number of nitro benzene ring substituents is 1. The average Bonchev–Trinajstić information content (AvgIpc) is 2.65. The van der Waals surface area contributed by atoms with Crippen LogP contribution in [0.4, 0.5) is 17.1 Å². The van der Waals surface area contributed by atoms with E-state index >= 15 is 0 Å². The van der Waals surface area contributed by atoms with Crippen LogP contribution in [0.2, 0.25) is 0 Å². The molecule has 7 nitrogen and oxygen atoms in total. The number of carbonyl (C=O) groups excluding carboxylic acids is 1. The van der Waals surface area contributed by atoms with Crippen molar-refractivity contribution in [1.29, 1.82) is 0 Å². The quantitative estimate of drug-likeness (QED) is 0.648. The second-order valence-corrected chi connectivity index (χ2v) is 6.90. The number of rotatable bonds is 5. The van der Waals surface area contributed by atoms with Gasteiger partial charge in [0.25, 0.3) is 5.69 Å². The van der Waals surface area contributed by atoms with Crippen LogP contribution in [0.25, 0.3) is 0 Å². The summed E-state index contributed by atoms with van der Waals surface area (Å²) in [5, 5.41) is 13.7. The van der Waals surface area contributed by atoms with Gasteiger partial charge in [-0.15, -0.1) is 0 Å². The van der Waals surface area contributed by atoms with E-state index in [0.717, 1.165) is 43.1 Å². The molecule has 142 valence electrons. The van der Waals surface area contributed by atoms with Crippen LogP contribution in [0, 0.1) is 24.0 Å². The molecule has 0 aliphatic carbocycles. The van der Waals surface area contributed by atoms with Crippen molar-refractivity contribution in [3.05, 3.63) is 63.7 Å². The highest BCUT2D eigenvalue weighted by atomic mass is 16.6. The van der Waals surface area contributed by atoms with E-state index in [2.05, 4.69) is 21.2 Å². The maximum Gasteiger partial charge on any atom is 0.269 e. The molecule has 2 aromatic rings. The van der Waals surface area contributed by atoms with Crippen LogP contribution in [0.5, 0.6) is 0 Å². The van der Waals surface area contributed by atoms with E-state index in [4.69, 9.17) is 0 Å². The fraction of sp³-hybridized carbons (Fsp3) is 0.350. The summed E-state index contributed by atoms with van der Waals surface area (Å²) in [6, 6.07) is 12.6. The Morgan fingerprint density at radius 3 is 2.33 bits per heavy atom. The number of amides is 1. The molecule has 1 heterocycles. The Labute approximate surface area is 158 Å². The molecule has 1 amide bonds. The highest BCUT2D eigenvalue weighted by Crippen LogP contribution is 2.21. The molecule has 0 spiro atoms. The summed E-state index contributed by atoms with van der Waals surface area (Å²) in [4.78, 5) is 27.0. The van der Waals surface area contributed by atoms with Crippen LogP contribution in [-0.4, -0.2) is 48.5 Å². The van der Waals surface area contributed by atoms with Crippen molar-refractivity contribution in [1.82, 2.24) is 4.90 Å². The first kappa shape index (κ1) is 18.8. The van der Waals surface area contributed by atoms with Gasteiger partial charge in [-0.25, -0.2) is 0 Å². The van der Waals surface area contributed by atoms with Gasteiger partial charge in [-0.05, 0) is 37.6 Å². The van der Waals surface area contributed by atoms with Crippen LogP contribution in [0.15, 0.2) is 42.5 Å². The van der Waals surface area contributed by atoms with Crippen molar-refractivity contribution in [2.24, 2.45) is 0 Å². The van der Waals surface area contributed by atoms with Gasteiger partial charge in [0.1, 0.15) is 0 Å². The lowest BCUT2D eigenvalue weighted by molar-refractivity contribution is -0.384. The number of nitrogens with one attached hydrogen (secondary N) is 1. The molecule has 0 bridgehead atoms. The predicted octanol–water partition coefficient (Wildman–Crippen LogP) is 2.97. The van der Waals surface area contributed by atoms with Crippen molar-refractivity contribution in [2.75, 3.05) is 42.9 Å². The number of carbonyl (C=O) groups is 1. The topological polar surface area (TPSA) is 78.7 Å². The highest BCUT2D eigenvalue weighted by molar-refractivity contribution is 5.93. The van der Waals surface area contributed by atoms with E-state index < -0.39 is 4.92 Å². The number of aryl methyl sites for hydroxylation is 2.